The predicted octanol–water partition coefficient (Wildman–Crippen LogP) is 4.45. The molecular weight excluding hydrogens is 468 g/mol. The van der Waals surface area contributed by atoms with E-state index in [4.69, 9.17) is 4.74 Å². The van der Waals surface area contributed by atoms with Gasteiger partial charge in [0.25, 0.3) is 0 Å². The van der Waals surface area contributed by atoms with Gasteiger partial charge in [0.2, 0.25) is 0 Å². The molecule has 6 heteroatoms. The zero-order chi connectivity index (χ0) is 19.3. The number of benzene rings is 2. The third-order valence-corrected chi connectivity index (χ3v) is 5.35. The van der Waals surface area contributed by atoms with Crippen molar-refractivity contribution in [1.82, 2.24) is 10.6 Å². The molecule has 2 aromatic rings. The molecular formula is C22H29FIN3O. The van der Waals surface area contributed by atoms with Crippen molar-refractivity contribution in [3.8, 4) is 5.75 Å². The van der Waals surface area contributed by atoms with Crippen molar-refractivity contribution in [1.29, 1.82) is 0 Å². The van der Waals surface area contributed by atoms with Gasteiger partial charge in [-0.3, -0.25) is 4.99 Å². The van der Waals surface area contributed by atoms with E-state index in [2.05, 4.69) is 28.6 Å². The molecule has 1 fully saturated rings. The van der Waals surface area contributed by atoms with Crippen LogP contribution in [0.25, 0.3) is 0 Å². The highest BCUT2D eigenvalue weighted by Gasteiger charge is 2.44. The average molecular weight is 497 g/mol. The van der Waals surface area contributed by atoms with Gasteiger partial charge in [0.1, 0.15) is 11.6 Å². The first kappa shape index (κ1) is 22.5. The standard InChI is InChI=1S/C22H28FN3O.HI/c1-16(19-9-4-5-10-20(19)27-3)14-25-21(24-2)26-15-22(11-12-22)17-7-6-8-18(23)13-17;/h4-10,13,16H,11-12,14-15H2,1-3H3,(H2,24,25,26);1H. The Labute approximate surface area is 184 Å². The van der Waals surface area contributed by atoms with E-state index in [0.29, 0.717) is 0 Å². The van der Waals surface area contributed by atoms with Gasteiger partial charge in [-0.25, -0.2) is 4.39 Å². The SMILES string of the molecule is CN=C(NCC(C)c1ccccc1OC)NCC1(c2cccc(F)c2)CC1.I. The fraction of sp³-hybridized carbons (Fsp3) is 0.409. The molecule has 4 nitrogen and oxygen atoms in total. The Bertz CT molecular complexity index is 808. The summed E-state index contributed by atoms with van der Waals surface area (Å²) in [7, 11) is 3.46. The fourth-order valence-corrected chi connectivity index (χ4v) is 3.44. The van der Waals surface area contributed by atoms with Gasteiger partial charge in [-0.15, -0.1) is 24.0 Å². The van der Waals surface area contributed by atoms with Crippen LogP contribution in [0.4, 0.5) is 4.39 Å². The molecule has 0 heterocycles. The van der Waals surface area contributed by atoms with E-state index >= 15 is 0 Å². The maximum absolute atomic E-state index is 13.6. The van der Waals surface area contributed by atoms with Crippen molar-refractivity contribution in [3.05, 3.63) is 65.5 Å². The molecule has 1 aliphatic carbocycles. The summed E-state index contributed by atoms with van der Waals surface area (Å²) < 4.78 is 19.0. The zero-order valence-electron chi connectivity index (χ0n) is 16.7. The van der Waals surface area contributed by atoms with E-state index in [1.807, 2.05) is 24.3 Å². The number of ether oxygens (including phenoxy) is 1. The van der Waals surface area contributed by atoms with Gasteiger partial charge in [0.05, 0.1) is 7.11 Å². The minimum Gasteiger partial charge on any atom is -0.496 e. The van der Waals surface area contributed by atoms with Crippen molar-refractivity contribution in [2.45, 2.75) is 31.1 Å². The van der Waals surface area contributed by atoms with Crippen LogP contribution in [-0.2, 0) is 5.41 Å². The summed E-state index contributed by atoms with van der Waals surface area (Å²) in [5, 5.41) is 6.80. The van der Waals surface area contributed by atoms with Gasteiger partial charge >= 0.3 is 0 Å². The molecule has 28 heavy (non-hydrogen) atoms. The number of para-hydroxylation sites is 1. The van der Waals surface area contributed by atoms with Crippen molar-refractivity contribution in [3.63, 3.8) is 0 Å². The third kappa shape index (κ3) is 5.37. The molecule has 0 spiro atoms. The second kappa shape index (κ2) is 10.1. The normalized spacial score (nSPS) is 15.9. The van der Waals surface area contributed by atoms with Crippen molar-refractivity contribution in [2.24, 2.45) is 4.99 Å². The number of methoxy groups -OCH3 is 1. The van der Waals surface area contributed by atoms with Gasteiger partial charge in [0.15, 0.2) is 5.96 Å². The second-order valence-corrected chi connectivity index (χ2v) is 7.24. The Hall–Kier alpha value is -1.83. The smallest absolute Gasteiger partial charge is 0.191 e. The summed E-state index contributed by atoms with van der Waals surface area (Å²) in [5.41, 5.74) is 2.25. The van der Waals surface area contributed by atoms with Crippen molar-refractivity contribution < 1.29 is 9.13 Å². The van der Waals surface area contributed by atoms with E-state index in [-0.39, 0.29) is 41.1 Å². The van der Waals surface area contributed by atoms with Gasteiger partial charge in [-0.05, 0) is 42.2 Å². The minimum atomic E-state index is -0.174. The number of halogens is 2. The second-order valence-electron chi connectivity index (χ2n) is 7.24. The van der Waals surface area contributed by atoms with E-state index in [9.17, 15) is 4.39 Å². The Morgan fingerprint density at radius 1 is 1.18 bits per heavy atom. The Kier molecular flexibility index (Phi) is 8.10. The van der Waals surface area contributed by atoms with Crippen LogP contribution in [0.3, 0.4) is 0 Å². The monoisotopic (exact) mass is 497 g/mol. The number of nitrogens with zero attached hydrogens (tertiary/aromatic N) is 1. The van der Waals surface area contributed by atoms with Crippen LogP contribution in [0.15, 0.2) is 53.5 Å². The highest BCUT2D eigenvalue weighted by atomic mass is 127. The number of hydrogen-bond acceptors (Lipinski definition) is 2. The summed E-state index contributed by atoms with van der Waals surface area (Å²) in [5.74, 6) is 1.77. The highest BCUT2D eigenvalue weighted by molar-refractivity contribution is 14.0. The molecule has 1 saturated carbocycles. The number of guanidine groups is 1. The van der Waals surface area contributed by atoms with Crippen LogP contribution in [0.2, 0.25) is 0 Å². The molecule has 152 valence electrons. The summed E-state index contributed by atoms with van der Waals surface area (Å²) >= 11 is 0. The number of aliphatic imine (C=N–C) groups is 1. The van der Waals surface area contributed by atoms with Gasteiger partial charge in [-0.2, -0.15) is 0 Å². The Morgan fingerprint density at radius 3 is 2.57 bits per heavy atom. The third-order valence-electron chi connectivity index (χ3n) is 5.35. The molecule has 2 aromatic carbocycles. The lowest BCUT2D eigenvalue weighted by atomic mass is 9.96. The first-order chi connectivity index (χ1) is 13.1. The van der Waals surface area contributed by atoms with Gasteiger partial charge in [-0.1, -0.05) is 37.3 Å². The van der Waals surface area contributed by atoms with Gasteiger partial charge in [0, 0.05) is 31.5 Å². The van der Waals surface area contributed by atoms with Crippen LogP contribution >= 0.6 is 24.0 Å². The summed E-state index contributed by atoms with van der Waals surface area (Å²) in [6, 6.07) is 15.0. The Balaban J connectivity index is 0.00000280. The maximum atomic E-state index is 13.6. The largest absolute Gasteiger partial charge is 0.496 e. The molecule has 1 aliphatic rings. The lowest BCUT2D eigenvalue weighted by Crippen LogP contribution is -2.42. The van der Waals surface area contributed by atoms with Crippen LogP contribution in [0.5, 0.6) is 5.75 Å². The lowest BCUT2D eigenvalue weighted by molar-refractivity contribution is 0.406. The van der Waals surface area contributed by atoms with Crippen molar-refractivity contribution >= 4 is 29.9 Å². The molecule has 0 saturated heterocycles. The predicted molar refractivity (Wildman–Crippen MR) is 124 cm³/mol. The molecule has 1 unspecified atom stereocenters. The number of rotatable bonds is 7. The zero-order valence-corrected chi connectivity index (χ0v) is 19.0. The molecule has 0 bridgehead atoms. The quantitative estimate of drug-likeness (QED) is 0.338. The topological polar surface area (TPSA) is 45.7 Å². The van der Waals surface area contributed by atoms with Crippen LogP contribution in [0, 0.1) is 5.82 Å². The van der Waals surface area contributed by atoms with Crippen molar-refractivity contribution in [2.75, 3.05) is 27.2 Å². The maximum Gasteiger partial charge on any atom is 0.191 e. The average Bonchev–Trinajstić information content (AvgIpc) is 3.49. The van der Waals surface area contributed by atoms with E-state index in [1.165, 1.54) is 11.6 Å². The summed E-state index contributed by atoms with van der Waals surface area (Å²) in [4.78, 5) is 4.33. The van der Waals surface area contributed by atoms with Crippen LogP contribution in [-0.4, -0.2) is 33.2 Å². The fourth-order valence-electron chi connectivity index (χ4n) is 3.44. The molecule has 0 radical (unpaired) electrons. The first-order valence-electron chi connectivity index (χ1n) is 9.41. The summed E-state index contributed by atoms with van der Waals surface area (Å²) in [6.07, 6.45) is 2.14. The number of hydrogen-bond donors (Lipinski definition) is 2. The molecule has 0 amide bonds. The summed E-state index contributed by atoms with van der Waals surface area (Å²) in [6.45, 7) is 3.65. The molecule has 2 N–H and O–H groups in total. The molecule has 1 atom stereocenters. The van der Waals surface area contributed by atoms with E-state index in [1.54, 1.807) is 26.3 Å². The van der Waals surface area contributed by atoms with Crippen LogP contribution in [0.1, 0.15) is 36.8 Å². The van der Waals surface area contributed by atoms with Gasteiger partial charge < -0.3 is 15.4 Å². The first-order valence-corrected chi connectivity index (χ1v) is 9.41. The minimum absolute atomic E-state index is 0. The Morgan fingerprint density at radius 2 is 1.93 bits per heavy atom. The molecule has 0 aliphatic heterocycles. The van der Waals surface area contributed by atoms with E-state index < -0.39 is 0 Å². The molecule has 3 rings (SSSR count). The van der Waals surface area contributed by atoms with Crippen LogP contribution < -0.4 is 15.4 Å². The van der Waals surface area contributed by atoms with E-state index in [0.717, 1.165) is 43.2 Å². The molecule has 0 aromatic heterocycles. The number of nitrogens with one attached hydrogen (secondary N) is 2. The highest BCUT2D eigenvalue weighted by Crippen LogP contribution is 2.47. The lowest BCUT2D eigenvalue weighted by Gasteiger charge is -2.21.